The van der Waals surface area contributed by atoms with Crippen molar-refractivity contribution in [1.29, 1.82) is 0 Å². The number of rotatable bonds is 5. The summed E-state index contributed by atoms with van der Waals surface area (Å²) in [6, 6.07) is -0.650. The lowest BCUT2D eigenvalue weighted by atomic mass is 9.73. The maximum Gasteiger partial charge on any atom is 0.304 e. The first kappa shape index (κ1) is 12.7. The third-order valence-corrected chi connectivity index (χ3v) is 4.72. The maximum atomic E-state index is 11.6. The molecule has 4 atom stereocenters. The van der Waals surface area contributed by atoms with E-state index < -0.39 is 34.2 Å². The number of hydrogen-bond acceptors (Lipinski definition) is 5. The van der Waals surface area contributed by atoms with Gasteiger partial charge >= 0.3 is 5.97 Å². The number of sulfonamides is 1. The third kappa shape index (κ3) is 2.59. The predicted molar refractivity (Wildman–Crippen MR) is 58.8 cm³/mol. The van der Waals surface area contributed by atoms with Crippen molar-refractivity contribution in [2.75, 3.05) is 12.4 Å². The lowest BCUT2D eigenvalue weighted by Gasteiger charge is -2.45. The van der Waals surface area contributed by atoms with E-state index >= 15 is 0 Å². The van der Waals surface area contributed by atoms with Crippen LogP contribution in [0.1, 0.15) is 12.8 Å². The van der Waals surface area contributed by atoms with E-state index in [1.807, 2.05) is 0 Å². The number of hydrogen-bond donors (Lipinski definition) is 3. The van der Waals surface area contributed by atoms with Gasteiger partial charge in [-0.05, 0) is 6.42 Å². The van der Waals surface area contributed by atoms with Crippen LogP contribution in [0.2, 0.25) is 0 Å². The van der Waals surface area contributed by atoms with Crippen molar-refractivity contribution in [2.24, 2.45) is 11.7 Å². The Morgan fingerprint density at radius 2 is 2.24 bits per heavy atom. The van der Waals surface area contributed by atoms with Crippen LogP contribution in [-0.2, 0) is 19.6 Å². The van der Waals surface area contributed by atoms with Crippen molar-refractivity contribution in [3.63, 3.8) is 0 Å². The molecule has 0 aromatic rings. The van der Waals surface area contributed by atoms with Crippen molar-refractivity contribution in [3.05, 3.63) is 0 Å². The van der Waals surface area contributed by atoms with Gasteiger partial charge in [0.15, 0.2) is 0 Å². The molecule has 2 fully saturated rings. The Bertz CT molecular complexity index is 410. The van der Waals surface area contributed by atoms with Crippen LogP contribution in [0.25, 0.3) is 0 Å². The van der Waals surface area contributed by atoms with Crippen molar-refractivity contribution >= 4 is 16.0 Å². The SMILES string of the molecule is NC1C2CCOC2C1NS(=O)(=O)CCC(=O)O. The Morgan fingerprint density at radius 1 is 1.53 bits per heavy atom. The van der Waals surface area contributed by atoms with E-state index in [-0.39, 0.29) is 18.1 Å². The molecule has 17 heavy (non-hydrogen) atoms. The molecule has 1 heterocycles. The van der Waals surface area contributed by atoms with E-state index in [9.17, 15) is 13.2 Å². The van der Waals surface area contributed by atoms with Gasteiger partial charge in [0.1, 0.15) is 0 Å². The Hall–Kier alpha value is -0.700. The van der Waals surface area contributed by atoms with E-state index in [1.54, 1.807) is 0 Å². The van der Waals surface area contributed by atoms with Crippen LogP contribution >= 0.6 is 0 Å². The summed E-state index contributed by atoms with van der Waals surface area (Å²) in [4.78, 5) is 10.3. The monoisotopic (exact) mass is 264 g/mol. The van der Waals surface area contributed by atoms with Gasteiger partial charge in [-0.2, -0.15) is 0 Å². The number of fused-ring (bicyclic) bond motifs is 1. The maximum absolute atomic E-state index is 11.6. The molecule has 0 bridgehead atoms. The number of aliphatic carboxylic acids is 1. The van der Waals surface area contributed by atoms with E-state index in [2.05, 4.69) is 4.72 Å². The normalized spacial score (nSPS) is 36.3. The fourth-order valence-electron chi connectivity index (χ4n) is 2.38. The fourth-order valence-corrected chi connectivity index (χ4v) is 3.65. The molecule has 98 valence electrons. The van der Waals surface area contributed by atoms with Crippen LogP contribution in [0.15, 0.2) is 0 Å². The highest BCUT2D eigenvalue weighted by Crippen LogP contribution is 2.37. The molecule has 7 nitrogen and oxygen atoms in total. The van der Waals surface area contributed by atoms with Gasteiger partial charge in [0, 0.05) is 18.6 Å². The third-order valence-electron chi connectivity index (χ3n) is 3.35. The molecule has 0 aromatic carbocycles. The standard InChI is InChI=1S/C9H16N2O5S/c10-7-5-1-3-16-9(5)8(7)11-17(14,15)4-2-6(12)13/h5,7-9,11H,1-4,10H2,(H,12,13). The Labute approximate surface area is 99.4 Å². The number of nitrogens with one attached hydrogen (secondary N) is 1. The minimum Gasteiger partial charge on any atom is -0.481 e. The summed E-state index contributed by atoms with van der Waals surface area (Å²) in [5.74, 6) is -1.34. The zero-order valence-corrected chi connectivity index (χ0v) is 10.0. The smallest absolute Gasteiger partial charge is 0.304 e. The van der Waals surface area contributed by atoms with Crippen molar-refractivity contribution in [3.8, 4) is 0 Å². The van der Waals surface area contributed by atoms with Crippen LogP contribution in [0.5, 0.6) is 0 Å². The topological polar surface area (TPSA) is 119 Å². The second-order valence-corrected chi connectivity index (χ2v) is 6.34. The summed E-state index contributed by atoms with van der Waals surface area (Å²) in [5.41, 5.74) is 5.85. The van der Waals surface area contributed by atoms with E-state index in [0.717, 1.165) is 6.42 Å². The Morgan fingerprint density at radius 3 is 2.88 bits per heavy atom. The van der Waals surface area contributed by atoms with Crippen LogP contribution in [0.3, 0.4) is 0 Å². The lowest BCUT2D eigenvalue weighted by Crippen LogP contribution is -2.69. The summed E-state index contributed by atoms with van der Waals surface area (Å²) < 4.78 is 31.0. The van der Waals surface area contributed by atoms with Crippen molar-refractivity contribution in [1.82, 2.24) is 4.72 Å². The first-order valence-corrected chi connectivity index (χ1v) is 7.15. The molecule has 2 rings (SSSR count). The van der Waals surface area contributed by atoms with E-state index in [1.165, 1.54) is 0 Å². The first-order chi connectivity index (χ1) is 7.91. The van der Waals surface area contributed by atoms with Gasteiger partial charge in [-0.25, -0.2) is 13.1 Å². The van der Waals surface area contributed by atoms with Crippen LogP contribution in [-0.4, -0.2) is 50.0 Å². The highest BCUT2D eigenvalue weighted by molar-refractivity contribution is 7.89. The minimum absolute atomic E-state index is 0.149. The van der Waals surface area contributed by atoms with Gasteiger partial charge in [-0.3, -0.25) is 4.79 Å². The highest BCUT2D eigenvalue weighted by atomic mass is 32.2. The molecule has 0 spiro atoms. The predicted octanol–water partition coefficient (Wildman–Crippen LogP) is -1.50. The summed E-state index contributed by atoms with van der Waals surface area (Å²) in [7, 11) is -3.60. The highest BCUT2D eigenvalue weighted by Gasteiger charge is 2.53. The molecule has 2 aliphatic rings. The molecule has 1 saturated heterocycles. The second-order valence-electron chi connectivity index (χ2n) is 4.47. The second kappa shape index (κ2) is 4.52. The molecule has 4 unspecified atom stereocenters. The molecule has 1 aliphatic carbocycles. The van der Waals surface area contributed by atoms with Gasteiger partial charge in [-0.15, -0.1) is 0 Å². The summed E-state index contributed by atoms with van der Waals surface area (Å²) in [6.07, 6.45) is 0.301. The number of nitrogens with two attached hydrogens (primary N) is 1. The van der Waals surface area contributed by atoms with Crippen molar-refractivity contribution in [2.45, 2.75) is 31.0 Å². The quantitative estimate of drug-likeness (QED) is 0.556. The molecular weight excluding hydrogens is 248 g/mol. The Balaban J connectivity index is 1.90. The van der Waals surface area contributed by atoms with Crippen LogP contribution in [0, 0.1) is 5.92 Å². The van der Waals surface area contributed by atoms with Crippen molar-refractivity contribution < 1.29 is 23.1 Å². The molecule has 8 heteroatoms. The number of ether oxygens (including phenoxy) is 1. The molecule has 1 saturated carbocycles. The van der Waals surface area contributed by atoms with E-state index in [4.69, 9.17) is 15.6 Å². The number of carboxylic acid groups (broad SMARTS) is 1. The minimum atomic E-state index is -3.60. The number of carbonyl (C=O) groups is 1. The molecule has 0 aromatic heterocycles. The van der Waals surface area contributed by atoms with E-state index in [0.29, 0.717) is 6.61 Å². The molecular formula is C9H16N2O5S. The molecule has 0 amide bonds. The van der Waals surface area contributed by atoms with Gasteiger partial charge in [0.05, 0.1) is 24.3 Å². The largest absolute Gasteiger partial charge is 0.481 e. The van der Waals surface area contributed by atoms with Crippen LogP contribution < -0.4 is 10.5 Å². The summed E-state index contributed by atoms with van der Waals surface area (Å²) >= 11 is 0. The van der Waals surface area contributed by atoms with Gasteiger partial charge in [-0.1, -0.05) is 0 Å². The average molecular weight is 264 g/mol. The first-order valence-electron chi connectivity index (χ1n) is 5.50. The van der Waals surface area contributed by atoms with Gasteiger partial charge in [0.2, 0.25) is 10.0 Å². The molecule has 4 N–H and O–H groups in total. The summed E-state index contributed by atoms with van der Waals surface area (Å²) in [5, 5.41) is 8.44. The average Bonchev–Trinajstić information content (AvgIpc) is 2.68. The molecule has 1 aliphatic heterocycles. The fraction of sp³-hybridized carbons (Fsp3) is 0.889. The summed E-state index contributed by atoms with van der Waals surface area (Å²) in [6.45, 7) is 0.608. The zero-order valence-electron chi connectivity index (χ0n) is 9.20. The Kier molecular flexibility index (Phi) is 3.39. The zero-order chi connectivity index (χ0) is 12.6. The number of carboxylic acids is 1. The lowest BCUT2D eigenvalue weighted by molar-refractivity contribution is -0.136. The van der Waals surface area contributed by atoms with Gasteiger partial charge in [0.25, 0.3) is 0 Å². The van der Waals surface area contributed by atoms with Gasteiger partial charge < -0.3 is 15.6 Å². The van der Waals surface area contributed by atoms with Crippen LogP contribution in [0.4, 0.5) is 0 Å². The molecule has 0 radical (unpaired) electrons.